The number of benzene rings is 1. The zero-order chi connectivity index (χ0) is 15.7. The molecule has 8 heteroatoms. The van der Waals surface area contributed by atoms with Crippen LogP contribution in [0.15, 0.2) is 18.2 Å². The molecule has 112 valence electrons. The number of non-ortho nitro benzene ring substituents is 1. The molecule has 1 aromatic carbocycles. The maximum Gasteiger partial charge on any atom is 0.326 e. The van der Waals surface area contributed by atoms with Crippen LogP contribution in [0.5, 0.6) is 0 Å². The number of hydrogen-bond acceptors (Lipinski definition) is 5. The van der Waals surface area contributed by atoms with Crippen LogP contribution >= 0.6 is 0 Å². The number of carboxylic acids is 1. The van der Waals surface area contributed by atoms with E-state index in [2.05, 4.69) is 0 Å². The number of nitrogens with zero attached hydrogens (tertiary/aromatic N) is 2. The lowest BCUT2D eigenvalue weighted by atomic mass is 10.1. The average molecular weight is 294 g/mol. The van der Waals surface area contributed by atoms with E-state index < -0.39 is 28.9 Å². The first-order chi connectivity index (χ1) is 9.81. The summed E-state index contributed by atoms with van der Waals surface area (Å²) < 4.78 is 0. The number of aryl methyl sites for hydroxylation is 1. The fourth-order valence-electron chi connectivity index (χ4n) is 2.38. The molecule has 2 N–H and O–H groups in total. The van der Waals surface area contributed by atoms with Gasteiger partial charge in [0.05, 0.1) is 11.0 Å². The molecule has 1 saturated heterocycles. The summed E-state index contributed by atoms with van der Waals surface area (Å²) in [7, 11) is 0. The minimum Gasteiger partial charge on any atom is -0.480 e. The van der Waals surface area contributed by atoms with Crippen molar-refractivity contribution in [2.45, 2.75) is 25.5 Å². The van der Waals surface area contributed by atoms with E-state index >= 15 is 0 Å². The van der Waals surface area contributed by atoms with E-state index in [1.807, 2.05) is 0 Å². The van der Waals surface area contributed by atoms with Crippen molar-refractivity contribution >= 4 is 17.6 Å². The van der Waals surface area contributed by atoms with Gasteiger partial charge in [-0.25, -0.2) is 4.79 Å². The number of β-amino-alcohol motifs (C(OH)–C–C–N with tert-alkyl or cyclic N) is 1. The Labute approximate surface area is 119 Å². The molecule has 0 aliphatic carbocycles. The normalized spacial score (nSPS) is 21.3. The topological polar surface area (TPSA) is 121 Å². The van der Waals surface area contributed by atoms with E-state index in [9.17, 15) is 24.8 Å². The second-order valence-electron chi connectivity index (χ2n) is 4.96. The van der Waals surface area contributed by atoms with Gasteiger partial charge >= 0.3 is 5.97 Å². The van der Waals surface area contributed by atoms with Crippen molar-refractivity contribution in [3.05, 3.63) is 39.4 Å². The Kier molecular flexibility index (Phi) is 3.90. The zero-order valence-corrected chi connectivity index (χ0v) is 11.2. The molecule has 1 amide bonds. The molecule has 0 saturated carbocycles. The van der Waals surface area contributed by atoms with Crippen LogP contribution in [0.3, 0.4) is 0 Å². The van der Waals surface area contributed by atoms with Gasteiger partial charge in [-0.1, -0.05) is 6.07 Å². The van der Waals surface area contributed by atoms with Gasteiger partial charge in [0.15, 0.2) is 0 Å². The second-order valence-corrected chi connectivity index (χ2v) is 4.96. The molecule has 1 heterocycles. The van der Waals surface area contributed by atoms with Crippen molar-refractivity contribution in [2.24, 2.45) is 0 Å². The van der Waals surface area contributed by atoms with Gasteiger partial charge in [0.1, 0.15) is 6.04 Å². The predicted molar refractivity (Wildman–Crippen MR) is 70.9 cm³/mol. The predicted octanol–water partition coefficient (Wildman–Crippen LogP) is 0.563. The first-order valence-electron chi connectivity index (χ1n) is 6.28. The standard InChI is InChI=1S/C13H14N2O6/c1-7-2-3-8(15(20)21)4-10(7)12(17)14-6-9(16)5-11(14)13(18)19/h2-4,9,11,16H,5-6H2,1H3,(H,18,19)/t9?,11-/m0/s1. The largest absolute Gasteiger partial charge is 0.480 e. The summed E-state index contributed by atoms with van der Waals surface area (Å²) in [5.74, 6) is -1.83. The third-order valence-electron chi connectivity index (χ3n) is 3.49. The maximum absolute atomic E-state index is 12.4. The van der Waals surface area contributed by atoms with E-state index in [4.69, 9.17) is 5.11 Å². The van der Waals surface area contributed by atoms with Crippen LogP contribution in [0.25, 0.3) is 0 Å². The Bertz CT molecular complexity index is 615. The van der Waals surface area contributed by atoms with Crippen molar-refractivity contribution < 1.29 is 24.7 Å². The molecule has 1 fully saturated rings. The minimum absolute atomic E-state index is 0.0466. The van der Waals surface area contributed by atoms with Gasteiger partial charge in [0.2, 0.25) is 0 Å². The lowest BCUT2D eigenvalue weighted by Crippen LogP contribution is -2.40. The highest BCUT2D eigenvalue weighted by Gasteiger charge is 2.39. The molecule has 0 bridgehead atoms. The summed E-state index contributed by atoms with van der Waals surface area (Å²) in [6.45, 7) is 1.51. The van der Waals surface area contributed by atoms with Gasteiger partial charge in [-0.2, -0.15) is 0 Å². The summed E-state index contributed by atoms with van der Waals surface area (Å²) in [4.78, 5) is 34.8. The molecule has 2 atom stereocenters. The number of likely N-dealkylation sites (tertiary alicyclic amines) is 1. The molecule has 21 heavy (non-hydrogen) atoms. The van der Waals surface area contributed by atoms with Crippen molar-refractivity contribution in [1.29, 1.82) is 0 Å². The summed E-state index contributed by atoms with van der Waals surface area (Å²) in [5.41, 5.74) is 0.344. The third kappa shape index (κ3) is 2.84. The Morgan fingerprint density at radius 3 is 2.67 bits per heavy atom. The number of aliphatic carboxylic acids is 1. The Morgan fingerprint density at radius 2 is 2.10 bits per heavy atom. The third-order valence-corrected chi connectivity index (χ3v) is 3.49. The summed E-state index contributed by atoms with van der Waals surface area (Å²) in [5, 5.41) is 29.4. The number of aliphatic hydroxyl groups is 1. The molecule has 1 aliphatic heterocycles. The first-order valence-corrected chi connectivity index (χ1v) is 6.28. The van der Waals surface area contributed by atoms with Gasteiger partial charge in [-0.3, -0.25) is 14.9 Å². The Morgan fingerprint density at radius 1 is 1.43 bits per heavy atom. The van der Waals surface area contributed by atoms with Gasteiger partial charge in [-0.05, 0) is 12.5 Å². The zero-order valence-electron chi connectivity index (χ0n) is 11.2. The van der Waals surface area contributed by atoms with E-state index in [1.165, 1.54) is 12.1 Å². The lowest BCUT2D eigenvalue weighted by Gasteiger charge is -2.21. The van der Waals surface area contributed by atoms with Gasteiger partial charge in [-0.15, -0.1) is 0 Å². The smallest absolute Gasteiger partial charge is 0.326 e. The van der Waals surface area contributed by atoms with Crippen LogP contribution in [0.4, 0.5) is 5.69 Å². The number of nitro groups is 1. The SMILES string of the molecule is Cc1ccc([N+](=O)[O-])cc1C(=O)N1CC(O)C[C@H]1C(=O)O. The molecule has 0 spiro atoms. The van der Waals surface area contributed by atoms with E-state index in [0.717, 1.165) is 11.0 Å². The van der Waals surface area contributed by atoms with Crippen molar-refractivity contribution in [2.75, 3.05) is 6.54 Å². The van der Waals surface area contributed by atoms with E-state index in [0.29, 0.717) is 5.56 Å². The molecule has 1 aliphatic rings. The second kappa shape index (κ2) is 5.49. The highest BCUT2D eigenvalue weighted by molar-refractivity contribution is 5.98. The first kappa shape index (κ1) is 14.9. The fraction of sp³-hybridized carbons (Fsp3) is 0.385. The number of carbonyl (C=O) groups excluding carboxylic acids is 1. The van der Waals surface area contributed by atoms with Crippen LogP contribution in [0.2, 0.25) is 0 Å². The van der Waals surface area contributed by atoms with Crippen LogP contribution in [-0.4, -0.2) is 50.6 Å². The molecule has 0 aromatic heterocycles. The Hall–Kier alpha value is -2.48. The average Bonchev–Trinajstić information content (AvgIpc) is 2.80. The van der Waals surface area contributed by atoms with Gasteiger partial charge < -0.3 is 15.1 Å². The number of carboxylic acid groups (broad SMARTS) is 1. The summed E-state index contributed by atoms with van der Waals surface area (Å²) >= 11 is 0. The fourth-order valence-corrected chi connectivity index (χ4v) is 2.38. The van der Waals surface area contributed by atoms with Crippen LogP contribution in [0, 0.1) is 17.0 Å². The molecular weight excluding hydrogens is 280 g/mol. The minimum atomic E-state index is -1.21. The number of aliphatic hydroxyl groups excluding tert-OH is 1. The Balaban J connectivity index is 2.37. The van der Waals surface area contributed by atoms with Gasteiger partial charge in [0.25, 0.3) is 11.6 Å². The number of hydrogen-bond donors (Lipinski definition) is 2. The van der Waals surface area contributed by atoms with E-state index in [-0.39, 0.29) is 24.2 Å². The quantitative estimate of drug-likeness (QED) is 0.620. The van der Waals surface area contributed by atoms with Crippen LogP contribution < -0.4 is 0 Å². The number of nitro benzene ring substituents is 1. The molecule has 1 aromatic rings. The highest BCUT2D eigenvalue weighted by Crippen LogP contribution is 2.24. The monoisotopic (exact) mass is 294 g/mol. The summed E-state index contributed by atoms with van der Waals surface area (Å²) in [6, 6.07) is 2.72. The number of rotatable bonds is 3. The van der Waals surface area contributed by atoms with Crippen LogP contribution in [-0.2, 0) is 4.79 Å². The highest BCUT2D eigenvalue weighted by atomic mass is 16.6. The van der Waals surface area contributed by atoms with E-state index in [1.54, 1.807) is 6.92 Å². The molecule has 2 rings (SSSR count). The number of carbonyl (C=O) groups is 2. The molecule has 8 nitrogen and oxygen atoms in total. The van der Waals surface area contributed by atoms with Gasteiger partial charge in [0, 0.05) is 30.7 Å². The maximum atomic E-state index is 12.4. The number of amides is 1. The lowest BCUT2D eigenvalue weighted by molar-refractivity contribution is -0.384. The molecule has 0 radical (unpaired) electrons. The van der Waals surface area contributed by atoms with Crippen molar-refractivity contribution in [1.82, 2.24) is 4.90 Å². The summed E-state index contributed by atoms with van der Waals surface area (Å²) in [6.07, 6.45) is -0.955. The molecule has 1 unspecified atom stereocenters. The molecular formula is C13H14N2O6. The van der Waals surface area contributed by atoms with Crippen molar-refractivity contribution in [3.63, 3.8) is 0 Å². The van der Waals surface area contributed by atoms with Crippen molar-refractivity contribution in [3.8, 4) is 0 Å². The van der Waals surface area contributed by atoms with Crippen LogP contribution in [0.1, 0.15) is 22.3 Å².